The van der Waals surface area contributed by atoms with Crippen LogP contribution in [-0.4, -0.2) is 30.8 Å². The molecule has 0 aliphatic carbocycles. The molecule has 2 aromatic rings. The summed E-state index contributed by atoms with van der Waals surface area (Å²) in [5.74, 6) is -0.178. The first kappa shape index (κ1) is 18.6. The molecule has 2 aromatic carbocycles. The van der Waals surface area contributed by atoms with Crippen molar-refractivity contribution in [2.75, 3.05) is 23.3 Å². The van der Waals surface area contributed by atoms with Gasteiger partial charge >= 0.3 is 0 Å². The summed E-state index contributed by atoms with van der Waals surface area (Å²) >= 11 is 0. The minimum Gasteiger partial charge on any atom is -0.355 e. The van der Waals surface area contributed by atoms with E-state index in [0.29, 0.717) is 25.1 Å². The highest BCUT2D eigenvalue weighted by atomic mass is 16.2. The fraction of sp³-hybridized carbons (Fsp3) is 0.286. The average Bonchev–Trinajstić information content (AvgIpc) is 3.09. The second kappa shape index (κ2) is 8.98. The van der Waals surface area contributed by atoms with Gasteiger partial charge in [0.15, 0.2) is 0 Å². The van der Waals surface area contributed by atoms with Gasteiger partial charge in [-0.25, -0.2) is 0 Å². The molecule has 1 aliphatic heterocycles. The van der Waals surface area contributed by atoms with Crippen LogP contribution in [0.5, 0.6) is 0 Å². The zero-order valence-corrected chi connectivity index (χ0v) is 15.1. The molecule has 6 nitrogen and oxygen atoms in total. The molecular formula is C21H23N3O3. The second-order valence-corrected chi connectivity index (χ2v) is 6.51. The van der Waals surface area contributed by atoms with Crippen LogP contribution in [0.4, 0.5) is 11.4 Å². The molecule has 0 aromatic heterocycles. The number of carbonyl (C=O) groups excluding carboxylic acids is 3. The minimum absolute atomic E-state index is 0.108. The number of hydrogen-bond donors (Lipinski definition) is 2. The fourth-order valence-electron chi connectivity index (χ4n) is 3.06. The summed E-state index contributed by atoms with van der Waals surface area (Å²) in [6.07, 6.45) is 1.92. The topological polar surface area (TPSA) is 78.5 Å². The predicted octanol–water partition coefficient (Wildman–Crippen LogP) is 2.50. The zero-order chi connectivity index (χ0) is 19.1. The second-order valence-electron chi connectivity index (χ2n) is 6.51. The van der Waals surface area contributed by atoms with Crippen molar-refractivity contribution in [2.45, 2.75) is 25.7 Å². The average molecular weight is 365 g/mol. The van der Waals surface area contributed by atoms with Crippen LogP contribution in [-0.2, 0) is 20.8 Å². The number of hydrogen-bond acceptors (Lipinski definition) is 3. The standard InChI is InChI=1S/C21H23N3O3/c25-19(11-12-22-20(26)14-16-6-2-1-3-7-16)23-17-8-4-9-18(15-17)24-13-5-10-21(24)27/h1-4,6-9,15H,5,10-14H2,(H,22,26)(H,23,25). The molecule has 1 fully saturated rings. The van der Waals surface area contributed by atoms with Crippen LogP contribution in [0, 0.1) is 0 Å². The highest BCUT2D eigenvalue weighted by molar-refractivity contribution is 5.97. The van der Waals surface area contributed by atoms with E-state index in [1.807, 2.05) is 42.5 Å². The summed E-state index contributed by atoms with van der Waals surface area (Å²) in [5, 5.41) is 5.57. The molecule has 0 unspecified atom stereocenters. The van der Waals surface area contributed by atoms with Gasteiger partial charge in [0.05, 0.1) is 6.42 Å². The number of anilines is 2. The van der Waals surface area contributed by atoms with Crippen molar-refractivity contribution < 1.29 is 14.4 Å². The van der Waals surface area contributed by atoms with Crippen LogP contribution in [0.3, 0.4) is 0 Å². The maximum Gasteiger partial charge on any atom is 0.227 e. The summed E-state index contributed by atoms with van der Waals surface area (Å²) in [6, 6.07) is 16.7. The van der Waals surface area contributed by atoms with Gasteiger partial charge in [0.2, 0.25) is 17.7 Å². The van der Waals surface area contributed by atoms with Gasteiger partial charge in [-0.1, -0.05) is 36.4 Å². The highest BCUT2D eigenvalue weighted by Crippen LogP contribution is 2.24. The van der Waals surface area contributed by atoms with Crippen LogP contribution in [0.2, 0.25) is 0 Å². The number of amides is 3. The monoisotopic (exact) mass is 365 g/mol. The molecule has 1 saturated heterocycles. The molecule has 0 radical (unpaired) electrons. The van der Waals surface area contributed by atoms with Gasteiger partial charge in [-0.15, -0.1) is 0 Å². The van der Waals surface area contributed by atoms with E-state index in [1.165, 1.54) is 0 Å². The van der Waals surface area contributed by atoms with Crippen molar-refractivity contribution in [1.29, 1.82) is 0 Å². The molecule has 6 heteroatoms. The van der Waals surface area contributed by atoms with Crippen molar-refractivity contribution in [3.63, 3.8) is 0 Å². The van der Waals surface area contributed by atoms with E-state index in [2.05, 4.69) is 10.6 Å². The van der Waals surface area contributed by atoms with Crippen molar-refractivity contribution in [1.82, 2.24) is 5.32 Å². The zero-order valence-electron chi connectivity index (χ0n) is 15.1. The molecular weight excluding hydrogens is 342 g/mol. The van der Waals surface area contributed by atoms with E-state index in [0.717, 1.165) is 17.7 Å². The lowest BCUT2D eigenvalue weighted by molar-refractivity contribution is -0.121. The molecule has 3 amide bonds. The van der Waals surface area contributed by atoms with Crippen LogP contribution in [0.25, 0.3) is 0 Å². The lowest BCUT2D eigenvalue weighted by atomic mass is 10.1. The third-order valence-corrected chi connectivity index (χ3v) is 4.40. The van der Waals surface area contributed by atoms with Crippen LogP contribution in [0.15, 0.2) is 54.6 Å². The summed E-state index contributed by atoms with van der Waals surface area (Å²) in [7, 11) is 0. The van der Waals surface area contributed by atoms with E-state index in [4.69, 9.17) is 0 Å². The third-order valence-electron chi connectivity index (χ3n) is 4.40. The minimum atomic E-state index is -0.181. The Morgan fingerprint density at radius 2 is 1.81 bits per heavy atom. The first-order valence-corrected chi connectivity index (χ1v) is 9.13. The normalized spacial score (nSPS) is 13.5. The van der Waals surface area contributed by atoms with Crippen LogP contribution < -0.4 is 15.5 Å². The van der Waals surface area contributed by atoms with Gasteiger partial charge in [0.25, 0.3) is 0 Å². The van der Waals surface area contributed by atoms with E-state index in [9.17, 15) is 14.4 Å². The van der Waals surface area contributed by atoms with Gasteiger partial charge in [0.1, 0.15) is 0 Å². The number of nitrogens with one attached hydrogen (secondary N) is 2. The summed E-state index contributed by atoms with van der Waals surface area (Å²) in [6.45, 7) is 0.992. The summed E-state index contributed by atoms with van der Waals surface area (Å²) < 4.78 is 0. The SMILES string of the molecule is O=C(Cc1ccccc1)NCCC(=O)Nc1cccc(N2CCCC2=O)c1. The van der Waals surface area contributed by atoms with E-state index in [1.54, 1.807) is 17.0 Å². The Balaban J connectivity index is 1.44. The molecule has 3 rings (SSSR count). The highest BCUT2D eigenvalue weighted by Gasteiger charge is 2.21. The van der Waals surface area contributed by atoms with Crippen LogP contribution >= 0.6 is 0 Å². The van der Waals surface area contributed by atoms with Gasteiger partial charge in [-0.3, -0.25) is 14.4 Å². The first-order chi connectivity index (χ1) is 13.1. The lowest BCUT2D eigenvalue weighted by Gasteiger charge is -2.16. The predicted molar refractivity (Wildman–Crippen MR) is 104 cm³/mol. The van der Waals surface area contributed by atoms with Crippen molar-refractivity contribution >= 4 is 29.1 Å². The van der Waals surface area contributed by atoms with Gasteiger partial charge < -0.3 is 15.5 Å². The Kier molecular flexibility index (Phi) is 6.20. The van der Waals surface area contributed by atoms with E-state index >= 15 is 0 Å². The number of rotatable bonds is 7. The molecule has 2 N–H and O–H groups in total. The Bertz CT molecular complexity index is 820. The van der Waals surface area contributed by atoms with Crippen molar-refractivity contribution in [3.05, 3.63) is 60.2 Å². The maximum atomic E-state index is 12.1. The Morgan fingerprint density at radius 3 is 2.56 bits per heavy atom. The van der Waals surface area contributed by atoms with Crippen molar-refractivity contribution in [3.8, 4) is 0 Å². The largest absolute Gasteiger partial charge is 0.355 e. The molecule has 0 atom stereocenters. The Labute approximate surface area is 158 Å². The maximum absolute atomic E-state index is 12.1. The fourth-order valence-corrected chi connectivity index (χ4v) is 3.06. The van der Waals surface area contributed by atoms with Crippen LogP contribution in [0.1, 0.15) is 24.8 Å². The molecule has 140 valence electrons. The summed E-state index contributed by atoms with van der Waals surface area (Å²) in [5.41, 5.74) is 2.38. The smallest absolute Gasteiger partial charge is 0.227 e. The van der Waals surface area contributed by atoms with Gasteiger partial charge in [-0.05, 0) is 30.2 Å². The lowest BCUT2D eigenvalue weighted by Crippen LogP contribution is -2.29. The third kappa shape index (κ3) is 5.41. The molecule has 1 aliphatic rings. The van der Waals surface area contributed by atoms with E-state index in [-0.39, 0.29) is 30.7 Å². The number of benzene rings is 2. The molecule has 0 saturated carbocycles. The van der Waals surface area contributed by atoms with Gasteiger partial charge in [-0.2, -0.15) is 0 Å². The summed E-state index contributed by atoms with van der Waals surface area (Å²) in [4.78, 5) is 37.6. The Morgan fingerprint density at radius 1 is 1.00 bits per heavy atom. The quantitative estimate of drug-likeness (QED) is 0.791. The first-order valence-electron chi connectivity index (χ1n) is 9.13. The van der Waals surface area contributed by atoms with E-state index < -0.39 is 0 Å². The number of carbonyl (C=O) groups is 3. The van der Waals surface area contributed by atoms with Gasteiger partial charge in [0, 0.05) is 37.3 Å². The van der Waals surface area contributed by atoms with Crippen molar-refractivity contribution in [2.24, 2.45) is 0 Å². The molecule has 1 heterocycles. The molecule has 0 spiro atoms. The molecule has 27 heavy (non-hydrogen) atoms. The number of nitrogens with zero attached hydrogens (tertiary/aromatic N) is 1. The Hall–Kier alpha value is -3.15. The molecule has 0 bridgehead atoms.